The van der Waals surface area contributed by atoms with Crippen molar-refractivity contribution in [1.29, 1.82) is 0 Å². The first-order valence-electron chi connectivity index (χ1n) is 9.81. The van der Waals surface area contributed by atoms with Gasteiger partial charge in [-0.3, -0.25) is 14.5 Å². The summed E-state index contributed by atoms with van der Waals surface area (Å²) in [6, 6.07) is 6.68. The monoisotopic (exact) mass is 475 g/mol. The van der Waals surface area contributed by atoms with Crippen LogP contribution in [0.4, 0.5) is 4.79 Å². The summed E-state index contributed by atoms with van der Waals surface area (Å²) >= 11 is 0.729. The number of hydrogen-bond donors (Lipinski definition) is 1. The highest BCUT2D eigenvalue weighted by molar-refractivity contribution is 8.18. The van der Waals surface area contributed by atoms with E-state index in [-0.39, 0.29) is 23.9 Å². The Hall–Kier alpha value is -3.73. The predicted octanol–water partition coefficient (Wildman–Crippen LogP) is 3.55. The molecule has 11 heteroatoms. The highest BCUT2D eigenvalue weighted by Crippen LogP contribution is 2.36. The number of aromatic carboxylic acids is 1. The Morgan fingerprint density at radius 3 is 2.61 bits per heavy atom. The number of hydrogen-bond acceptors (Lipinski definition) is 9. The number of benzene rings is 1. The van der Waals surface area contributed by atoms with Gasteiger partial charge in [-0.15, -0.1) is 0 Å². The number of carboxylic acid groups (broad SMARTS) is 1. The van der Waals surface area contributed by atoms with Crippen LogP contribution in [-0.2, 0) is 20.9 Å². The molecule has 0 aliphatic carbocycles. The number of methoxy groups -OCH3 is 1. The van der Waals surface area contributed by atoms with Crippen LogP contribution < -0.4 is 9.47 Å². The van der Waals surface area contributed by atoms with Gasteiger partial charge in [0.15, 0.2) is 11.5 Å². The van der Waals surface area contributed by atoms with Crippen LogP contribution in [0.1, 0.15) is 35.7 Å². The summed E-state index contributed by atoms with van der Waals surface area (Å²) < 4.78 is 21.0. The number of nitrogens with zero attached hydrogens (tertiary/aromatic N) is 1. The molecule has 2 amide bonds. The molecular formula is C22H21NO9S. The molecule has 10 nitrogen and oxygen atoms in total. The summed E-state index contributed by atoms with van der Waals surface area (Å²) in [5, 5.41) is 8.36. The lowest BCUT2D eigenvalue weighted by Gasteiger charge is -2.19. The van der Waals surface area contributed by atoms with Crippen molar-refractivity contribution in [1.82, 2.24) is 4.90 Å². The molecule has 0 radical (unpaired) electrons. The van der Waals surface area contributed by atoms with Crippen LogP contribution in [-0.4, -0.2) is 52.8 Å². The van der Waals surface area contributed by atoms with E-state index < -0.39 is 29.1 Å². The van der Waals surface area contributed by atoms with E-state index in [2.05, 4.69) is 0 Å². The summed E-state index contributed by atoms with van der Waals surface area (Å²) in [5.74, 6) is -1.57. The third-order valence-corrected chi connectivity index (χ3v) is 5.45. The van der Waals surface area contributed by atoms with Crippen LogP contribution in [0.15, 0.2) is 39.7 Å². The molecule has 174 valence electrons. The Morgan fingerprint density at radius 1 is 1.21 bits per heavy atom. The van der Waals surface area contributed by atoms with Gasteiger partial charge in [0.2, 0.25) is 5.76 Å². The Balaban J connectivity index is 1.74. The van der Waals surface area contributed by atoms with Gasteiger partial charge in [0.05, 0.1) is 18.6 Å². The molecular weight excluding hydrogens is 454 g/mol. The molecule has 33 heavy (non-hydrogen) atoms. The van der Waals surface area contributed by atoms with Crippen molar-refractivity contribution in [2.45, 2.75) is 26.5 Å². The summed E-state index contributed by atoms with van der Waals surface area (Å²) in [7, 11) is 1.44. The van der Waals surface area contributed by atoms with Crippen molar-refractivity contribution in [3.05, 3.63) is 52.3 Å². The standard InChI is InChI=1S/C22H21NO9S/c1-4-30-21(27)12(2)23-19(24)18(33-22(23)28)10-13-5-7-15(17(9-13)29-3)31-11-14-6-8-16(32-14)20(25)26/h5-10,12H,4,11H2,1-3H3,(H,25,26). The fraction of sp³-hybridized carbons (Fsp3) is 0.273. The van der Waals surface area contributed by atoms with E-state index in [0.29, 0.717) is 22.8 Å². The Morgan fingerprint density at radius 2 is 1.97 bits per heavy atom. The van der Waals surface area contributed by atoms with Gasteiger partial charge in [0.25, 0.3) is 11.1 Å². The minimum absolute atomic E-state index is 0.0202. The molecule has 0 spiro atoms. The molecule has 2 aromatic rings. The molecule has 1 N–H and O–H groups in total. The zero-order valence-electron chi connectivity index (χ0n) is 18.0. The largest absolute Gasteiger partial charge is 0.493 e. The number of ether oxygens (including phenoxy) is 3. The van der Waals surface area contributed by atoms with E-state index in [1.807, 2.05) is 0 Å². The lowest BCUT2D eigenvalue weighted by Crippen LogP contribution is -2.42. The van der Waals surface area contributed by atoms with Crippen LogP contribution >= 0.6 is 11.8 Å². The molecule has 1 atom stereocenters. The number of thioether (sulfide) groups is 1. The average molecular weight is 475 g/mol. The first-order chi connectivity index (χ1) is 15.7. The van der Waals surface area contributed by atoms with Gasteiger partial charge in [-0.2, -0.15) is 0 Å². The van der Waals surface area contributed by atoms with Crippen molar-refractivity contribution < 1.29 is 42.9 Å². The lowest BCUT2D eigenvalue weighted by molar-refractivity contribution is -0.150. The number of furan rings is 1. The van der Waals surface area contributed by atoms with Gasteiger partial charge in [-0.25, -0.2) is 9.59 Å². The maximum atomic E-state index is 12.7. The number of carbonyl (C=O) groups is 4. The van der Waals surface area contributed by atoms with Crippen LogP contribution in [0.5, 0.6) is 11.5 Å². The number of carbonyl (C=O) groups excluding carboxylic acids is 3. The normalized spacial score (nSPS) is 15.6. The Bertz CT molecular complexity index is 1120. The number of carboxylic acids is 1. The highest BCUT2D eigenvalue weighted by Gasteiger charge is 2.41. The van der Waals surface area contributed by atoms with Crippen molar-refractivity contribution in [3.63, 3.8) is 0 Å². The van der Waals surface area contributed by atoms with Gasteiger partial charge in [0, 0.05) is 0 Å². The smallest absolute Gasteiger partial charge is 0.371 e. The van der Waals surface area contributed by atoms with Gasteiger partial charge in [0.1, 0.15) is 18.4 Å². The molecule has 1 unspecified atom stereocenters. The second-order valence-electron chi connectivity index (χ2n) is 6.75. The zero-order valence-corrected chi connectivity index (χ0v) is 18.8. The van der Waals surface area contributed by atoms with Crippen LogP contribution in [0.3, 0.4) is 0 Å². The quantitative estimate of drug-likeness (QED) is 0.424. The molecule has 3 rings (SSSR count). The molecule has 0 bridgehead atoms. The predicted molar refractivity (Wildman–Crippen MR) is 117 cm³/mol. The number of esters is 1. The van der Waals surface area contributed by atoms with E-state index in [0.717, 1.165) is 16.7 Å². The van der Waals surface area contributed by atoms with Gasteiger partial charge in [-0.05, 0) is 61.5 Å². The molecule has 2 heterocycles. The average Bonchev–Trinajstić information content (AvgIpc) is 3.37. The van der Waals surface area contributed by atoms with E-state index >= 15 is 0 Å². The van der Waals surface area contributed by atoms with Crippen molar-refractivity contribution in [2.75, 3.05) is 13.7 Å². The van der Waals surface area contributed by atoms with Crippen LogP contribution in [0, 0.1) is 0 Å². The topological polar surface area (TPSA) is 133 Å². The van der Waals surface area contributed by atoms with E-state index in [1.54, 1.807) is 25.1 Å². The molecule has 1 aliphatic rings. The van der Waals surface area contributed by atoms with E-state index in [4.69, 9.17) is 23.7 Å². The van der Waals surface area contributed by atoms with Crippen molar-refractivity contribution in [3.8, 4) is 11.5 Å². The molecule has 1 aromatic heterocycles. The lowest BCUT2D eigenvalue weighted by atomic mass is 10.1. The minimum Gasteiger partial charge on any atom is -0.493 e. The molecule has 1 saturated heterocycles. The molecule has 1 aromatic carbocycles. The number of amides is 2. The maximum absolute atomic E-state index is 12.7. The van der Waals surface area contributed by atoms with Gasteiger partial charge in [-0.1, -0.05) is 6.07 Å². The number of rotatable bonds is 9. The Labute approximate surface area is 193 Å². The summed E-state index contributed by atoms with van der Waals surface area (Å²) in [6.45, 7) is 3.20. The van der Waals surface area contributed by atoms with Gasteiger partial charge < -0.3 is 23.7 Å². The third kappa shape index (κ3) is 5.37. The first kappa shape index (κ1) is 23.9. The Kier molecular flexibility index (Phi) is 7.44. The second kappa shape index (κ2) is 10.3. The van der Waals surface area contributed by atoms with E-state index in [9.17, 15) is 19.2 Å². The first-order valence-corrected chi connectivity index (χ1v) is 10.6. The van der Waals surface area contributed by atoms with Gasteiger partial charge >= 0.3 is 11.9 Å². The van der Waals surface area contributed by atoms with Crippen molar-refractivity contribution >= 4 is 40.9 Å². The maximum Gasteiger partial charge on any atom is 0.371 e. The molecule has 1 aliphatic heterocycles. The second-order valence-corrected chi connectivity index (χ2v) is 7.74. The fourth-order valence-electron chi connectivity index (χ4n) is 2.95. The third-order valence-electron chi connectivity index (χ3n) is 4.57. The van der Waals surface area contributed by atoms with Crippen molar-refractivity contribution in [2.24, 2.45) is 0 Å². The van der Waals surface area contributed by atoms with Crippen LogP contribution in [0.2, 0.25) is 0 Å². The molecule has 0 saturated carbocycles. The fourth-order valence-corrected chi connectivity index (χ4v) is 3.85. The summed E-state index contributed by atoms with van der Waals surface area (Å²) in [4.78, 5) is 48.9. The minimum atomic E-state index is -1.18. The number of imide groups is 1. The van der Waals surface area contributed by atoms with Crippen LogP contribution in [0.25, 0.3) is 6.08 Å². The summed E-state index contributed by atoms with van der Waals surface area (Å²) in [5.41, 5.74) is 0.569. The zero-order chi connectivity index (χ0) is 24.1. The molecule has 1 fully saturated rings. The van der Waals surface area contributed by atoms with E-state index in [1.165, 1.54) is 32.2 Å². The summed E-state index contributed by atoms with van der Waals surface area (Å²) in [6.07, 6.45) is 1.51. The SMILES string of the molecule is CCOC(=O)C(C)N1C(=O)SC(=Cc2ccc(OCc3ccc(C(=O)O)o3)c(OC)c2)C1=O. The highest BCUT2D eigenvalue weighted by atomic mass is 32.2.